The topological polar surface area (TPSA) is 20.2 Å². The Bertz CT molecular complexity index is 468. The lowest BCUT2D eigenvalue weighted by Crippen LogP contribution is -2.40. The van der Waals surface area contributed by atoms with Gasteiger partial charge in [0.2, 0.25) is 0 Å². The van der Waals surface area contributed by atoms with E-state index in [0.717, 1.165) is 7.11 Å². The lowest BCUT2D eigenvalue weighted by atomic mass is 9.75. The van der Waals surface area contributed by atoms with Crippen molar-refractivity contribution in [2.75, 3.05) is 7.11 Å². The molecule has 0 unspecified atom stereocenters. The van der Waals surface area contributed by atoms with Gasteiger partial charge in [-0.25, -0.2) is 0 Å². The highest BCUT2D eigenvalue weighted by Crippen LogP contribution is 2.45. The molecule has 0 radical (unpaired) electrons. The Morgan fingerprint density at radius 2 is 0.808 bits per heavy atom. The Morgan fingerprint density at radius 1 is 0.577 bits per heavy atom. The van der Waals surface area contributed by atoms with Crippen LogP contribution in [0.25, 0.3) is 0 Å². The largest absolute Gasteiger partial charge is 0.402 e. The molecule has 2 aromatic carbocycles. The molecule has 4 heteroatoms. The molecule has 0 saturated heterocycles. The molecule has 0 atom stereocenters. The van der Waals surface area contributed by atoms with Gasteiger partial charge in [0.25, 0.3) is 0 Å². The summed E-state index contributed by atoms with van der Waals surface area (Å²) in [4.78, 5) is 0. The van der Waals surface area contributed by atoms with E-state index in [2.05, 4.69) is 0 Å². The highest BCUT2D eigenvalue weighted by atomic mass is 19.4. The van der Waals surface area contributed by atoms with E-state index >= 15 is 0 Å². The van der Waals surface area contributed by atoms with Crippen LogP contribution in [0.2, 0.25) is 0 Å². The monoisotopic (exact) mass is 372 g/mol. The Labute approximate surface area is 157 Å². The molecule has 0 spiro atoms. The van der Waals surface area contributed by atoms with Gasteiger partial charge in [0.1, 0.15) is 5.41 Å². The fourth-order valence-electron chi connectivity index (χ4n) is 2.04. The zero-order valence-corrected chi connectivity index (χ0v) is 17.4. The van der Waals surface area contributed by atoms with E-state index < -0.39 is 11.6 Å². The van der Waals surface area contributed by atoms with Crippen LogP contribution in [0.1, 0.15) is 59.6 Å². The molecule has 0 fully saturated rings. The first-order chi connectivity index (χ1) is 12.5. The standard InChI is InChI=1S/C15H13F3.3C2H6.CH4O/c1-14(15(16,17)18,12-8-4-2-5-9-12)13-10-6-3-7-11-13;4*1-2/h2-11H,1H3;3*1-2H3;2H,1H3. The van der Waals surface area contributed by atoms with Crippen LogP contribution in [0.4, 0.5) is 13.2 Å². The Hall–Kier alpha value is -1.81. The summed E-state index contributed by atoms with van der Waals surface area (Å²) in [5, 5.41) is 7.00. The summed E-state index contributed by atoms with van der Waals surface area (Å²) in [6.45, 7) is 13.2. The summed E-state index contributed by atoms with van der Waals surface area (Å²) in [5.74, 6) is 0. The first kappa shape index (κ1) is 29.0. The van der Waals surface area contributed by atoms with Crippen LogP contribution in [0.3, 0.4) is 0 Å². The molecule has 26 heavy (non-hydrogen) atoms. The van der Waals surface area contributed by atoms with E-state index in [0.29, 0.717) is 0 Å². The summed E-state index contributed by atoms with van der Waals surface area (Å²) in [6.07, 6.45) is -4.34. The van der Waals surface area contributed by atoms with Crippen molar-refractivity contribution in [3.63, 3.8) is 0 Å². The van der Waals surface area contributed by atoms with E-state index in [-0.39, 0.29) is 11.1 Å². The molecule has 0 aliphatic rings. The minimum absolute atomic E-state index is 0.253. The smallest absolute Gasteiger partial charge is 0.400 e. The summed E-state index contributed by atoms with van der Waals surface area (Å²) in [5.41, 5.74) is -1.47. The highest BCUT2D eigenvalue weighted by Gasteiger charge is 2.53. The van der Waals surface area contributed by atoms with Gasteiger partial charge >= 0.3 is 6.18 Å². The number of hydrogen-bond acceptors (Lipinski definition) is 1. The quantitative estimate of drug-likeness (QED) is 0.589. The molecule has 0 bridgehead atoms. The third kappa shape index (κ3) is 8.05. The third-order valence-electron chi connectivity index (χ3n) is 3.27. The summed E-state index contributed by atoms with van der Waals surface area (Å²) in [7, 11) is 1.00. The van der Waals surface area contributed by atoms with Gasteiger partial charge in [0.05, 0.1) is 0 Å². The molecule has 150 valence electrons. The lowest BCUT2D eigenvalue weighted by molar-refractivity contribution is -0.173. The maximum absolute atomic E-state index is 13.5. The van der Waals surface area contributed by atoms with E-state index in [4.69, 9.17) is 5.11 Å². The van der Waals surface area contributed by atoms with Gasteiger partial charge in [-0.1, -0.05) is 102 Å². The van der Waals surface area contributed by atoms with Gasteiger partial charge < -0.3 is 5.11 Å². The molecule has 0 aromatic heterocycles. The Morgan fingerprint density at radius 3 is 1.00 bits per heavy atom. The van der Waals surface area contributed by atoms with E-state index in [1.165, 1.54) is 31.2 Å². The average Bonchev–Trinajstić information content (AvgIpc) is 2.74. The van der Waals surface area contributed by atoms with Crippen molar-refractivity contribution in [2.24, 2.45) is 0 Å². The van der Waals surface area contributed by atoms with Crippen LogP contribution < -0.4 is 0 Å². The van der Waals surface area contributed by atoms with Crippen molar-refractivity contribution in [1.82, 2.24) is 0 Å². The second kappa shape index (κ2) is 16.6. The van der Waals surface area contributed by atoms with E-state index in [9.17, 15) is 13.2 Å². The van der Waals surface area contributed by atoms with Crippen LogP contribution >= 0.6 is 0 Å². The first-order valence-electron chi connectivity index (χ1n) is 9.09. The lowest BCUT2D eigenvalue weighted by Gasteiger charge is -2.33. The van der Waals surface area contributed by atoms with Gasteiger partial charge in [-0.15, -0.1) is 0 Å². The molecule has 0 amide bonds. The predicted octanol–water partition coefficient (Wildman–Crippen LogP) is 7.24. The van der Waals surface area contributed by atoms with Crippen molar-refractivity contribution in [3.05, 3.63) is 71.8 Å². The second-order valence-corrected chi connectivity index (χ2v) is 4.35. The molecule has 2 aromatic rings. The first-order valence-corrected chi connectivity index (χ1v) is 9.09. The zero-order chi connectivity index (χ0) is 21.2. The number of halogens is 3. The maximum Gasteiger partial charge on any atom is 0.402 e. The number of aliphatic hydroxyl groups is 1. The maximum atomic E-state index is 13.5. The third-order valence-corrected chi connectivity index (χ3v) is 3.27. The normalized spacial score (nSPS) is 9.54. The molecule has 1 N–H and O–H groups in total. The average molecular weight is 373 g/mol. The fraction of sp³-hybridized carbons (Fsp3) is 0.455. The van der Waals surface area contributed by atoms with E-state index in [1.807, 2.05) is 41.5 Å². The molecule has 2 rings (SSSR count). The molecule has 0 aliphatic heterocycles. The fourth-order valence-corrected chi connectivity index (χ4v) is 2.04. The van der Waals surface area contributed by atoms with Crippen LogP contribution in [0, 0.1) is 0 Å². The number of alkyl halides is 3. The minimum atomic E-state index is -4.34. The number of rotatable bonds is 2. The summed E-state index contributed by atoms with van der Waals surface area (Å²) < 4.78 is 40.4. The minimum Gasteiger partial charge on any atom is -0.400 e. The van der Waals surface area contributed by atoms with Crippen LogP contribution in [0.15, 0.2) is 60.7 Å². The van der Waals surface area contributed by atoms with Gasteiger partial charge in [-0.05, 0) is 18.1 Å². The van der Waals surface area contributed by atoms with E-state index in [1.54, 1.807) is 36.4 Å². The predicted molar refractivity (Wildman–Crippen MR) is 108 cm³/mol. The van der Waals surface area contributed by atoms with Crippen molar-refractivity contribution < 1.29 is 18.3 Å². The second-order valence-electron chi connectivity index (χ2n) is 4.35. The van der Waals surface area contributed by atoms with Crippen molar-refractivity contribution >= 4 is 0 Å². The molecule has 1 nitrogen and oxygen atoms in total. The molecule has 0 saturated carbocycles. The number of hydrogen-bond donors (Lipinski definition) is 1. The van der Waals surface area contributed by atoms with Gasteiger partial charge in [-0.3, -0.25) is 0 Å². The molecular formula is C22H35F3O. The SMILES string of the molecule is CC.CC.CC.CC(c1ccccc1)(c1ccccc1)C(F)(F)F.CO. The van der Waals surface area contributed by atoms with Gasteiger partial charge in [0, 0.05) is 7.11 Å². The zero-order valence-electron chi connectivity index (χ0n) is 17.4. The molecule has 0 heterocycles. The van der Waals surface area contributed by atoms with Crippen molar-refractivity contribution in [3.8, 4) is 0 Å². The summed E-state index contributed by atoms with van der Waals surface area (Å²) >= 11 is 0. The van der Waals surface area contributed by atoms with Crippen molar-refractivity contribution in [2.45, 2.75) is 60.1 Å². The van der Waals surface area contributed by atoms with Crippen LogP contribution in [-0.2, 0) is 5.41 Å². The molecule has 0 aliphatic carbocycles. The van der Waals surface area contributed by atoms with Gasteiger partial charge in [0.15, 0.2) is 0 Å². The van der Waals surface area contributed by atoms with Gasteiger partial charge in [-0.2, -0.15) is 13.2 Å². The Kier molecular flexibility index (Phi) is 18.6. The highest BCUT2D eigenvalue weighted by molar-refractivity contribution is 5.40. The van der Waals surface area contributed by atoms with Crippen LogP contribution in [-0.4, -0.2) is 18.4 Å². The number of aliphatic hydroxyl groups excluding tert-OH is 1. The van der Waals surface area contributed by atoms with Crippen LogP contribution in [0.5, 0.6) is 0 Å². The summed E-state index contributed by atoms with van der Waals surface area (Å²) in [6, 6.07) is 16.0. The number of benzene rings is 2. The Balaban J connectivity index is -0.000000585. The van der Waals surface area contributed by atoms with Crippen molar-refractivity contribution in [1.29, 1.82) is 0 Å². The molecular weight excluding hydrogens is 337 g/mol.